The van der Waals surface area contributed by atoms with Crippen LogP contribution in [0.15, 0.2) is 41.8 Å². The first-order valence-corrected chi connectivity index (χ1v) is 10.5. The maximum absolute atomic E-state index is 12.9. The maximum Gasteiger partial charge on any atom is 0.416 e. The molecule has 0 atom stereocenters. The first kappa shape index (κ1) is 21.6. The number of imidazole rings is 1. The summed E-state index contributed by atoms with van der Waals surface area (Å²) >= 11 is 5.87. The van der Waals surface area contributed by atoms with Gasteiger partial charge in [-0.15, -0.1) is 0 Å². The average Bonchev–Trinajstić information content (AvgIpc) is 3.19. The smallest absolute Gasteiger partial charge is 0.340 e. The van der Waals surface area contributed by atoms with E-state index in [1.54, 1.807) is 23.3 Å². The van der Waals surface area contributed by atoms with E-state index in [1.165, 1.54) is 4.90 Å². The molecule has 0 unspecified atom stereocenters. The molecule has 0 spiro atoms. The van der Waals surface area contributed by atoms with Gasteiger partial charge >= 0.3 is 6.18 Å². The number of sulfonamides is 1. The third kappa shape index (κ3) is 4.90. The monoisotopic (exact) mass is 450 g/mol. The number of halogens is 4. The fraction of sp³-hybridized carbons (Fsp3) is 0.412. The number of aryl methyl sites for hydroxylation is 1. The van der Waals surface area contributed by atoms with Crippen molar-refractivity contribution in [2.75, 3.05) is 26.2 Å². The molecule has 12 heteroatoms. The number of rotatable bonds is 5. The number of carbonyl (C=O) groups is 1. The normalized spacial score (nSPS) is 16.2. The summed E-state index contributed by atoms with van der Waals surface area (Å²) in [4.78, 5) is 17.1. The van der Waals surface area contributed by atoms with Crippen LogP contribution in [0.2, 0.25) is 5.02 Å². The molecule has 2 heterocycles. The highest BCUT2D eigenvalue weighted by Gasteiger charge is 2.35. The summed E-state index contributed by atoms with van der Waals surface area (Å²) in [5.74, 6) is -0.132. The van der Waals surface area contributed by atoms with Gasteiger partial charge in [-0.3, -0.25) is 4.79 Å². The molecule has 0 N–H and O–H groups in total. The Balaban J connectivity index is 1.66. The highest BCUT2D eigenvalue weighted by Crippen LogP contribution is 2.34. The van der Waals surface area contributed by atoms with Crippen molar-refractivity contribution in [3.8, 4) is 0 Å². The predicted octanol–water partition coefficient (Wildman–Crippen LogP) is 2.48. The summed E-state index contributed by atoms with van der Waals surface area (Å²) in [5.41, 5.74) is -1.09. The molecule has 2 aromatic rings. The molecule has 0 saturated carbocycles. The van der Waals surface area contributed by atoms with Crippen molar-refractivity contribution in [3.05, 3.63) is 47.5 Å². The third-order valence-electron chi connectivity index (χ3n) is 4.61. The van der Waals surface area contributed by atoms with Gasteiger partial charge < -0.3 is 9.47 Å². The van der Waals surface area contributed by atoms with Gasteiger partial charge in [-0.05, 0) is 18.2 Å². The highest BCUT2D eigenvalue weighted by molar-refractivity contribution is 7.89. The molecule has 0 radical (unpaired) electrons. The molecule has 1 fully saturated rings. The van der Waals surface area contributed by atoms with Gasteiger partial charge in [0.15, 0.2) is 0 Å². The molecule has 1 saturated heterocycles. The fourth-order valence-corrected chi connectivity index (χ4v) is 4.92. The summed E-state index contributed by atoms with van der Waals surface area (Å²) < 4.78 is 67.2. The van der Waals surface area contributed by atoms with Crippen LogP contribution in [0.4, 0.5) is 13.2 Å². The van der Waals surface area contributed by atoms with Gasteiger partial charge in [0.25, 0.3) is 0 Å². The first-order valence-electron chi connectivity index (χ1n) is 8.69. The second kappa shape index (κ2) is 8.33. The summed E-state index contributed by atoms with van der Waals surface area (Å²) in [5, 5.41) is -0.281. The van der Waals surface area contributed by atoms with Gasteiger partial charge in [-0.25, -0.2) is 13.4 Å². The van der Waals surface area contributed by atoms with E-state index in [0.29, 0.717) is 12.6 Å². The largest absolute Gasteiger partial charge is 0.416 e. The minimum Gasteiger partial charge on any atom is -0.340 e. The van der Waals surface area contributed by atoms with E-state index < -0.39 is 26.7 Å². The molecule has 1 aliphatic rings. The van der Waals surface area contributed by atoms with Crippen LogP contribution in [-0.4, -0.2) is 59.3 Å². The predicted molar refractivity (Wildman–Crippen MR) is 98.6 cm³/mol. The minimum atomic E-state index is -4.69. The lowest BCUT2D eigenvalue weighted by atomic mass is 10.2. The number of nitrogens with zero attached hydrogens (tertiary/aromatic N) is 4. The molecule has 0 aliphatic carbocycles. The molecule has 1 aromatic heterocycles. The van der Waals surface area contributed by atoms with Crippen LogP contribution in [0, 0.1) is 0 Å². The van der Waals surface area contributed by atoms with E-state index in [-0.39, 0.29) is 43.5 Å². The summed E-state index contributed by atoms with van der Waals surface area (Å²) in [6.45, 7) is 0.714. The molecule has 1 amide bonds. The van der Waals surface area contributed by atoms with Crippen LogP contribution in [0.3, 0.4) is 0 Å². The van der Waals surface area contributed by atoms with Crippen molar-refractivity contribution in [1.29, 1.82) is 0 Å². The molecule has 0 bridgehead atoms. The van der Waals surface area contributed by atoms with Crippen LogP contribution >= 0.6 is 11.6 Å². The lowest BCUT2D eigenvalue weighted by Crippen LogP contribution is -2.50. The van der Waals surface area contributed by atoms with E-state index in [0.717, 1.165) is 16.4 Å². The zero-order valence-corrected chi connectivity index (χ0v) is 16.7. The standard InChI is InChI=1S/C17H18ClF3N4O3S/c18-14-2-1-13(17(19,20)21)11-15(14)29(27,28)25-9-7-24(8-10-25)16(26)3-5-23-6-4-22-12-23/h1-2,4,6,11-12H,3,5,7-10H2. The van der Waals surface area contributed by atoms with Crippen LogP contribution in [0.25, 0.3) is 0 Å². The highest BCUT2D eigenvalue weighted by atomic mass is 35.5. The van der Waals surface area contributed by atoms with E-state index in [2.05, 4.69) is 4.98 Å². The second-order valence-electron chi connectivity index (χ2n) is 6.48. The molecule has 3 rings (SSSR count). The molecule has 7 nitrogen and oxygen atoms in total. The molecule has 158 valence electrons. The van der Waals surface area contributed by atoms with E-state index in [9.17, 15) is 26.4 Å². The zero-order valence-electron chi connectivity index (χ0n) is 15.1. The Bertz CT molecular complexity index is 972. The van der Waals surface area contributed by atoms with Crippen LogP contribution < -0.4 is 0 Å². The van der Waals surface area contributed by atoms with Gasteiger partial charge in [0.1, 0.15) is 4.90 Å². The number of amides is 1. The second-order valence-corrected chi connectivity index (χ2v) is 8.79. The van der Waals surface area contributed by atoms with Gasteiger partial charge in [-0.2, -0.15) is 17.5 Å². The van der Waals surface area contributed by atoms with Crippen molar-refractivity contribution >= 4 is 27.5 Å². The Hall–Kier alpha value is -2.11. The minimum absolute atomic E-state index is 0.0221. The topological polar surface area (TPSA) is 75.5 Å². The number of hydrogen-bond acceptors (Lipinski definition) is 4. The third-order valence-corrected chi connectivity index (χ3v) is 6.99. The maximum atomic E-state index is 12.9. The molecular weight excluding hydrogens is 433 g/mol. The van der Waals surface area contributed by atoms with Crippen molar-refractivity contribution in [1.82, 2.24) is 18.8 Å². The van der Waals surface area contributed by atoms with Crippen molar-refractivity contribution in [2.24, 2.45) is 0 Å². The Morgan fingerprint density at radius 1 is 1.17 bits per heavy atom. The summed E-state index contributed by atoms with van der Waals surface area (Å²) in [7, 11) is -4.22. The van der Waals surface area contributed by atoms with Crippen molar-refractivity contribution < 1.29 is 26.4 Å². The molecule has 1 aromatic carbocycles. The fourth-order valence-electron chi connectivity index (χ4n) is 3.00. The number of aromatic nitrogens is 2. The van der Waals surface area contributed by atoms with Gasteiger partial charge in [-0.1, -0.05) is 11.6 Å². The molecule has 29 heavy (non-hydrogen) atoms. The SMILES string of the molecule is O=C(CCn1ccnc1)N1CCN(S(=O)(=O)c2cc(C(F)(F)F)ccc2Cl)CC1. The van der Waals surface area contributed by atoms with Gasteiger partial charge in [0.05, 0.1) is 16.9 Å². The average molecular weight is 451 g/mol. The number of piperazine rings is 1. The van der Waals surface area contributed by atoms with Gasteiger partial charge in [0.2, 0.25) is 15.9 Å². The number of benzene rings is 1. The zero-order chi connectivity index (χ0) is 21.2. The van der Waals surface area contributed by atoms with Crippen molar-refractivity contribution in [2.45, 2.75) is 24.0 Å². The number of carbonyl (C=O) groups excluding carboxylic acids is 1. The number of alkyl halides is 3. The summed E-state index contributed by atoms with van der Waals surface area (Å²) in [6.07, 6.45) is 0.484. The van der Waals surface area contributed by atoms with E-state index in [1.807, 2.05) is 0 Å². The Kier molecular flexibility index (Phi) is 6.20. The molecule has 1 aliphatic heterocycles. The van der Waals surface area contributed by atoms with Crippen molar-refractivity contribution in [3.63, 3.8) is 0 Å². The van der Waals surface area contributed by atoms with Gasteiger partial charge in [0, 0.05) is 51.5 Å². The lowest BCUT2D eigenvalue weighted by Gasteiger charge is -2.34. The Morgan fingerprint density at radius 3 is 2.45 bits per heavy atom. The van der Waals surface area contributed by atoms with Crippen LogP contribution in [0.5, 0.6) is 0 Å². The molecular formula is C17H18ClF3N4O3S. The quantitative estimate of drug-likeness (QED) is 0.701. The Morgan fingerprint density at radius 2 is 1.86 bits per heavy atom. The lowest BCUT2D eigenvalue weighted by molar-refractivity contribution is -0.137. The Labute approximate surface area is 170 Å². The first-order chi connectivity index (χ1) is 13.6. The summed E-state index contributed by atoms with van der Waals surface area (Å²) in [6, 6.07) is 2.20. The number of hydrogen-bond donors (Lipinski definition) is 0. The van der Waals surface area contributed by atoms with E-state index in [4.69, 9.17) is 11.6 Å². The van der Waals surface area contributed by atoms with Crippen LogP contribution in [0.1, 0.15) is 12.0 Å². The van der Waals surface area contributed by atoms with E-state index >= 15 is 0 Å². The van der Waals surface area contributed by atoms with Crippen LogP contribution in [-0.2, 0) is 27.5 Å².